The van der Waals surface area contributed by atoms with Crippen LogP contribution in [0.3, 0.4) is 0 Å². The molecule has 0 radical (unpaired) electrons. The Morgan fingerprint density at radius 1 is 1.19 bits per heavy atom. The van der Waals surface area contributed by atoms with E-state index in [-0.39, 0.29) is 18.4 Å². The maximum atomic E-state index is 12.3. The molecule has 1 fully saturated rings. The molecule has 0 aliphatic carbocycles. The molecule has 2 aromatic carbocycles. The molecular formula is C20H19N3O3S. The third-order valence-corrected chi connectivity index (χ3v) is 4.97. The number of hydrogen-bond donors (Lipinski definition) is 1. The fourth-order valence-electron chi connectivity index (χ4n) is 2.48. The Hall–Kier alpha value is -3.06. The molecule has 0 spiro atoms. The van der Waals surface area contributed by atoms with Gasteiger partial charge in [-0.3, -0.25) is 19.5 Å². The highest BCUT2D eigenvalue weighted by Gasteiger charge is 2.29. The minimum absolute atomic E-state index is 0.114. The van der Waals surface area contributed by atoms with Crippen LogP contribution in [0.4, 0.5) is 5.69 Å². The van der Waals surface area contributed by atoms with Gasteiger partial charge in [-0.2, -0.15) is 0 Å². The van der Waals surface area contributed by atoms with Gasteiger partial charge in [0, 0.05) is 25.3 Å². The van der Waals surface area contributed by atoms with E-state index in [4.69, 9.17) is 4.74 Å². The molecule has 3 rings (SSSR count). The Bertz CT molecular complexity index is 910. The van der Waals surface area contributed by atoms with Crippen molar-refractivity contribution in [2.45, 2.75) is 0 Å². The first-order valence-corrected chi connectivity index (χ1v) is 9.11. The molecule has 7 heteroatoms. The number of nitrogens with one attached hydrogen (secondary N) is 1. The van der Waals surface area contributed by atoms with Gasteiger partial charge in [0.15, 0.2) is 11.8 Å². The van der Waals surface area contributed by atoms with Gasteiger partial charge in [0.2, 0.25) is 0 Å². The summed E-state index contributed by atoms with van der Waals surface area (Å²) in [6.45, 7) is -0.127. The molecule has 1 heterocycles. The highest BCUT2D eigenvalue weighted by Crippen LogP contribution is 2.33. The zero-order valence-electron chi connectivity index (χ0n) is 15.0. The predicted molar refractivity (Wildman–Crippen MR) is 109 cm³/mol. The smallest absolute Gasteiger partial charge is 0.266 e. The monoisotopic (exact) mass is 381 g/mol. The number of amides is 2. The molecule has 0 bridgehead atoms. The lowest BCUT2D eigenvalue weighted by atomic mass is 10.2. The summed E-state index contributed by atoms with van der Waals surface area (Å²) in [5.41, 5.74) is 1.44. The Morgan fingerprint density at radius 3 is 2.59 bits per heavy atom. The van der Waals surface area contributed by atoms with Crippen molar-refractivity contribution in [1.82, 2.24) is 4.90 Å². The topological polar surface area (TPSA) is 71.0 Å². The van der Waals surface area contributed by atoms with Gasteiger partial charge in [-0.05, 0) is 36.0 Å². The summed E-state index contributed by atoms with van der Waals surface area (Å²) < 4.78 is 5.68. The summed E-state index contributed by atoms with van der Waals surface area (Å²) >= 11 is 1.31. The number of thioether (sulfide) groups is 1. The van der Waals surface area contributed by atoms with E-state index in [9.17, 15) is 9.59 Å². The first-order valence-electron chi connectivity index (χ1n) is 8.29. The van der Waals surface area contributed by atoms with Crippen LogP contribution >= 0.6 is 11.8 Å². The lowest BCUT2D eigenvalue weighted by molar-refractivity contribution is -0.121. The number of amidine groups is 1. The number of carbonyl (C=O) groups is 2. The highest BCUT2D eigenvalue weighted by atomic mass is 32.2. The maximum Gasteiger partial charge on any atom is 0.266 e. The van der Waals surface area contributed by atoms with Gasteiger partial charge in [-0.25, -0.2) is 0 Å². The van der Waals surface area contributed by atoms with Gasteiger partial charge in [0.1, 0.15) is 5.75 Å². The molecule has 1 aliphatic heterocycles. The molecule has 2 aromatic rings. The third kappa shape index (κ3) is 4.57. The average Bonchev–Trinajstić information content (AvgIpc) is 2.96. The van der Waals surface area contributed by atoms with E-state index in [2.05, 4.69) is 10.3 Å². The number of benzene rings is 2. The minimum atomic E-state index is -0.255. The number of likely N-dealkylation sites (N-methyl/N-ethyl adjacent to an activating group) is 1. The van der Waals surface area contributed by atoms with Gasteiger partial charge in [0.05, 0.1) is 4.91 Å². The molecule has 138 valence electrons. The van der Waals surface area contributed by atoms with Crippen molar-refractivity contribution >= 4 is 40.5 Å². The first kappa shape index (κ1) is 18.7. The number of hydrogen-bond acceptors (Lipinski definition) is 5. The van der Waals surface area contributed by atoms with Crippen molar-refractivity contribution in [3.8, 4) is 5.75 Å². The lowest BCUT2D eigenvalue weighted by Crippen LogP contribution is -2.23. The van der Waals surface area contributed by atoms with Gasteiger partial charge < -0.3 is 10.1 Å². The Balaban J connectivity index is 1.70. The summed E-state index contributed by atoms with van der Waals surface area (Å²) in [6, 6.07) is 16.5. The van der Waals surface area contributed by atoms with Crippen LogP contribution in [0.25, 0.3) is 6.08 Å². The fourth-order valence-corrected chi connectivity index (χ4v) is 3.40. The number of rotatable bonds is 5. The van der Waals surface area contributed by atoms with Gasteiger partial charge in [0.25, 0.3) is 11.8 Å². The van der Waals surface area contributed by atoms with Crippen molar-refractivity contribution in [3.63, 3.8) is 0 Å². The molecule has 0 saturated carbocycles. The van der Waals surface area contributed by atoms with Crippen LogP contribution in [-0.2, 0) is 9.59 Å². The second-order valence-corrected chi connectivity index (χ2v) is 6.73. The molecule has 0 unspecified atom stereocenters. The number of para-hydroxylation sites is 2. The number of ether oxygens (including phenoxy) is 1. The molecule has 0 atom stereocenters. The van der Waals surface area contributed by atoms with Crippen LogP contribution in [0.1, 0.15) is 5.56 Å². The Morgan fingerprint density at radius 2 is 1.89 bits per heavy atom. The zero-order chi connectivity index (χ0) is 19.2. The summed E-state index contributed by atoms with van der Waals surface area (Å²) in [7, 11) is 3.34. The van der Waals surface area contributed by atoms with E-state index < -0.39 is 0 Å². The molecule has 1 N–H and O–H groups in total. The number of aliphatic imine (C=N–C) groups is 1. The van der Waals surface area contributed by atoms with Crippen LogP contribution in [0.2, 0.25) is 0 Å². The predicted octanol–water partition coefficient (Wildman–Crippen LogP) is 3.24. The molecule has 2 amide bonds. The van der Waals surface area contributed by atoms with Crippen molar-refractivity contribution < 1.29 is 14.3 Å². The standard InChI is InChI=1S/C20H19N3O3S/c1-21-20-23(2)19(25)17(27-20)12-14-8-6-7-11-16(14)26-13-18(24)22-15-9-4-3-5-10-15/h3-12H,13H2,1-2H3,(H,22,24)/b17-12+,21-20?. The molecule has 6 nitrogen and oxygen atoms in total. The van der Waals surface area contributed by atoms with Crippen molar-refractivity contribution in [1.29, 1.82) is 0 Å². The molecule has 27 heavy (non-hydrogen) atoms. The van der Waals surface area contributed by atoms with E-state index in [1.165, 1.54) is 16.7 Å². The van der Waals surface area contributed by atoms with Crippen LogP contribution < -0.4 is 10.1 Å². The van der Waals surface area contributed by atoms with Gasteiger partial charge >= 0.3 is 0 Å². The van der Waals surface area contributed by atoms with E-state index in [1.807, 2.05) is 48.5 Å². The third-order valence-electron chi connectivity index (χ3n) is 3.82. The molecule has 1 saturated heterocycles. The normalized spacial score (nSPS) is 16.8. The summed E-state index contributed by atoms with van der Waals surface area (Å²) in [5.74, 6) is 0.165. The largest absolute Gasteiger partial charge is 0.483 e. The molecule has 0 aromatic heterocycles. The number of nitrogens with zero attached hydrogens (tertiary/aromatic N) is 2. The van der Waals surface area contributed by atoms with Gasteiger partial charge in [-0.15, -0.1) is 0 Å². The number of carbonyl (C=O) groups excluding carboxylic acids is 2. The molecular weight excluding hydrogens is 362 g/mol. The van der Waals surface area contributed by atoms with Crippen molar-refractivity contribution in [2.24, 2.45) is 4.99 Å². The van der Waals surface area contributed by atoms with Crippen LogP contribution in [-0.4, -0.2) is 42.6 Å². The van der Waals surface area contributed by atoms with Crippen LogP contribution in [0, 0.1) is 0 Å². The highest BCUT2D eigenvalue weighted by molar-refractivity contribution is 8.18. The van der Waals surface area contributed by atoms with Crippen molar-refractivity contribution in [3.05, 3.63) is 65.1 Å². The van der Waals surface area contributed by atoms with E-state index in [1.54, 1.807) is 26.2 Å². The number of anilines is 1. The van der Waals surface area contributed by atoms with E-state index in [0.717, 1.165) is 5.56 Å². The second kappa shape index (κ2) is 8.55. The van der Waals surface area contributed by atoms with Crippen molar-refractivity contribution in [2.75, 3.05) is 26.0 Å². The Kier molecular flexibility index (Phi) is 5.93. The van der Waals surface area contributed by atoms with Crippen LogP contribution in [0.5, 0.6) is 5.75 Å². The first-order chi connectivity index (χ1) is 13.1. The lowest BCUT2D eigenvalue weighted by Gasteiger charge is -2.10. The second-order valence-electron chi connectivity index (χ2n) is 5.72. The quantitative estimate of drug-likeness (QED) is 0.807. The zero-order valence-corrected chi connectivity index (χ0v) is 15.8. The van der Waals surface area contributed by atoms with E-state index in [0.29, 0.717) is 21.5 Å². The Labute approximate surface area is 161 Å². The average molecular weight is 381 g/mol. The maximum absolute atomic E-state index is 12.3. The van der Waals surface area contributed by atoms with E-state index >= 15 is 0 Å². The van der Waals surface area contributed by atoms with Crippen LogP contribution in [0.15, 0.2) is 64.5 Å². The SMILES string of the molecule is CN=C1S/C(=C/c2ccccc2OCC(=O)Nc2ccccc2)C(=O)N1C. The molecule has 1 aliphatic rings. The summed E-state index contributed by atoms with van der Waals surface area (Å²) in [5, 5.41) is 3.42. The summed E-state index contributed by atoms with van der Waals surface area (Å²) in [4.78, 5) is 30.6. The fraction of sp³-hybridized carbons (Fsp3) is 0.150. The summed E-state index contributed by atoms with van der Waals surface area (Å²) in [6.07, 6.45) is 1.76. The van der Waals surface area contributed by atoms with Gasteiger partial charge in [-0.1, -0.05) is 36.4 Å². The minimum Gasteiger partial charge on any atom is -0.483 e.